The van der Waals surface area contributed by atoms with Gasteiger partial charge in [0.2, 0.25) is 5.91 Å². The number of hydrogen-bond donors (Lipinski definition) is 1. The van der Waals surface area contributed by atoms with E-state index in [1.165, 1.54) is 29.1 Å². The molecule has 0 saturated heterocycles. The van der Waals surface area contributed by atoms with Crippen molar-refractivity contribution in [3.63, 3.8) is 0 Å². The van der Waals surface area contributed by atoms with Crippen molar-refractivity contribution in [1.82, 2.24) is 4.57 Å². The summed E-state index contributed by atoms with van der Waals surface area (Å²) in [6, 6.07) is 2.99. The molecule has 0 spiro atoms. The lowest BCUT2D eigenvalue weighted by atomic mass is 10.0. The Morgan fingerprint density at radius 1 is 1.36 bits per heavy atom. The fraction of sp³-hybridized carbons (Fsp3) is 0.353. The number of hydrogen-bond acceptors (Lipinski definition) is 5. The highest BCUT2D eigenvalue weighted by molar-refractivity contribution is 9.10. The van der Waals surface area contributed by atoms with Crippen molar-refractivity contribution in [2.45, 2.75) is 26.8 Å². The van der Waals surface area contributed by atoms with Gasteiger partial charge < -0.3 is 14.6 Å². The van der Waals surface area contributed by atoms with Gasteiger partial charge in [-0.25, -0.2) is 4.79 Å². The van der Waals surface area contributed by atoms with Crippen LogP contribution >= 0.6 is 27.3 Å². The number of carbonyl (C=O) groups is 2. The summed E-state index contributed by atoms with van der Waals surface area (Å²) in [6.07, 6.45) is 2.25. The number of aromatic nitrogens is 1. The van der Waals surface area contributed by atoms with Gasteiger partial charge in [0.25, 0.3) is 5.56 Å². The summed E-state index contributed by atoms with van der Waals surface area (Å²) in [7, 11) is 1.31. The molecule has 2 heterocycles. The predicted molar refractivity (Wildman–Crippen MR) is 101 cm³/mol. The van der Waals surface area contributed by atoms with Crippen molar-refractivity contribution in [1.29, 1.82) is 0 Å². The Morgan fingerprint density at radius 2 is 2.08 bits per heavy atom. The van der Waals surface area contributed by atoms with Crippen LogP contribution in [0.2, 0.25) is 0 Å². The van der Waals surface area contributed by atoms with Crippen LogP contribution in [-0.2, 0) is 22.5 Å². The molecule has 134 valence electrons. The normalized spacial score (nSPS) is 10.8. The standard InChI is InChI=1S/C17H19BrN2O4S/c1-10(2)6-11-9-25-16(15(11)17(23)24-3)19-13(21)8-20-7-12(18)4-5-14(20)22/h4-5,7,9-10H,6,8H2,1-3H3,(H,19,21). The predicted octanol–water partition coefficient (Wildman–Crippen LogP) is 3.30. The van der Waals surface area contributed by atoms with Crippen molar-refractivity contribution in [2.75, 3.05) is 12.4 Å². The number of halogens is 1. The van der Waals surface area contributed by atoms with E-state index in [9.17, 15) is 14.4 Å². The minimum absolute atomic E-state index is 0.143. The lowest BCUT2D eigenvalue weighted by Crippen LogP contribution is -2.27. The van der Waals surface area contributed by atoms with Gasteiger partial charge in [0.05, 0.1) is 12.7 Å². The summed E-state index contributed by atoms with van der Waals surface area (Å²) in [4.78, 5) is 36.2. The molecule has 0 unspecified atom stereocenters. The Morgan fingerprint density at radius 3 is 2.72 bits per heavy atom. The molecule has 2 aromatic rings. The molecule has 0 aliphatic rings. The first kappa shape index (κ1) is 19.4. The molecule has 0 bridgehead atoms. The number of carbonyl (C=O) groups excluding carboxylic acids is 2. The van der Waals surface area contributed by atoms with Crippen molar-refractivity contribution in [2.24, 2.45) is 5.92 Å². The molecule has 0 saturated carbocycles. The maximum Gasteiger partial charge on any atom is 0.341 e. The number of amides is 1. The first-order valence-corrected chi connectivity index (χ1v) is 9.33. The summed E-state index contributed by atoms with van der Waals surface area (Å²) in [5.74, 6) is -0.503. The van der Waals surface area contributed by atoms with Crippen LogP contribution < -0.4 is 10.9 Å². The summed E-state index contributed by atoms with van der Waals surface area (Å²) in [5, 5.41) is 5.01. The lowest BCUT2D eigenvalue weighted by molar-refractivity contribution is -0.116. The Balaban J connectivity index is 2.22. The summed E-state index contributed by atoms with van der Waals surface area (Å²) in [5.41, 5.74) is 0.955. The molecule has 0 aliphatic heterocycles. The maximum absolute atomic E-state index is 12.3. The minimum atomic E-state index is -0.480. The summed E-state index contributed by atoms with van der Waals surface area (Å²) in [6.45, 7) is 3.96. The van der Waals surface area contributed by atoms with Crippen LogP contribution in [0.3, 0.4) is 0 Å². The van der Waals surface area contributed by atoms with E-state index in [-0.39, 0.29) is 18.0 Å². The van der Waals surface area contributed by atoms with Gasteiger partial charge in [-0.3, -0.25) is 9.59 Å². The van der Waals surface area contributed by atoms with E-state index >= 15 is 0 Å². The van der Waals surface area contributed by atoms with Gasteiger partial charge in [0, 0.05) is 16.7 Å². The molecule has 0 aliphatic carbocycles. The molecule has 8 heteroatoms. The first-order valence-electron chi connectivity index (χ1n) is 7.66. The van der Waals surface area contributed by atoms with Gasteiger partial charge in [0.15, 0.2) is 0 Å². The average molecular weight is 427 g/mol. The molecule has 2 rings (SSSR count). The number of nitrogens with zero attached hydrogens (tertiary/aromatic N) is 1. The Kier molecular flexibility index (Phi) is 6.55. The second-order valence-electron chi connectivity index (χ2n) is 5.92. The van der Waals surface area contributed by atoms with Gasteiger partial charge in [0.1, 0.15) is 11.5 Å². The molecule has 1 N–H and O–H groups in total. The van der Waals surface area contributed by atoms with E-state index in [2.05, 4.69) is 35.1 Å². The van der Waals surface area contributed by atoms with Crippen molar-refractivity contribution in [3.8, 4) is 0 Å². The van der Waals surface area contributed by atoms with Crippen LogP contribution in [0.1, 0.15) is 29.8 Å². The van der Waals surface area contributed by atoms with Crippen LogP contribution in [0.15, 0.2) is 33.0 Å². The van der Waals surface area contributed by atoms with Crippen LogP contribution in [-0.4, -0.2) is 23.6 Å². The van der Waals surface area contributed by atoms with Gasteiger partial charge in [-0.15, -0.1) is 11.3 Å². The van der Waals surface area contributed by atoms with Crippen LogP contribution in [0.25, 0.3) is 0 Å². The average Bonchev–Trinajstić information content (AvgIpc) is 2.91. The second-order valence-corrected chi connectivity index (χ2v) is 7.71. The molecular formula is C17H19BrN2O4S. The number of methoxy groups -OCH3 is 1. The zero-order valence-electron chi connectivity index (χ0n) is 14.2. The molecule has 0 fully saturated rings. The first-order chi connectivity index (χ1) is 11.8. The number of anilines is 1. The molecule has 6 nitrogen and oxygen atoms in total. The smallest absolute Gasteiger partial charge is 0.341 e. The lowest BCUT2D eigenvalue weighted by Gasteiger charge is -2.10. The minimum Gasteiger partial charge on any atom is -0.465 e. The van der Waals surface area contributed by atoms with E-state index in [1.807, 2.05) is 5.38 Å². The van der Waals surface area contributed by atoms with Crippen LogP contribution in [0, 0.1) is 5.92 Å². The molecule has 0 atom stereocenters. The SMILES string of the molecule is COC(=O)c1c(CC(C)C)csc1NC(=O)Cn1cc(Br)ccc1=O. The summed E-state index contributed by atoms with van der Waals surface area (Å²) >= 11 is 4.55. The third-order valence-electron chi connectivity index (χ3n) is 3.40. The third kappa shape index (κ3) is 5.02. The van der Waals surface area contributed by atoms with E-state index in [4.69, 9.17) is 4.74 Å². The number of ether oxygens (including phenoxy) is 1. The Bertz CT molecular complexity index is 841. The van der Waals surface area contributed by atoms with E-state index in [1.54, 1.807) is 12.3 Å². The zero-order chi connectivity index (χ0) is 18.6. The van der Waals surface area contributed by atoms with Crippen molar-refractivity contribution >= 4 is 44.1 Å². The number of rotatable bonds is 6. The van der Waals surface area contributed by atoms with Crippen LogP contribution in [0.5, 0.6) is 0 Å². The number of pyridine rings is 1. The monoisotopic (exact) mass is 426 g/mol. The third-order valence-corrected chi connectivity index (χ3v) is 4.81. The highest BCUT2D eigenvalue weighted by atomic mass is 79.9. The Hall–Kier alpha value is -1.93. The second kappa shape index (κ2) is 8.44. The van der Waals surface area contributed by atoms with Gasteiger partial charge in [-0.1, -0.05) is 13.8 Å². The van der Waals surface area contributed by atoms with Crippen LogP contribution in [0.4, 0.5) is 5.00 Å². The van der Waals surface area contributed by atoms with E-state index in [0.29, 0.717) is 27.4 Å². The largest absolute Gasteiger partial charge is 0.465 e. The fourth-order valence-corrected chi connectivity index (χ4v) is 3.71. The quantitative estimate of drug-likeness (QED) is 0.718. The van der Waals surface area contributed by atoms with Gasteiger partial charge >= 0.3 is 5.97 Å². The highest BCUT2D eigenvalue weighted by Gasteiger charge is 2.21. The van der Waals surface area contributed by atoms with Gasteiger partial charge in [-0.05, 0) is 45.3 Å². The number of nitrogens with one attached hydrogen (secondary N) is 1. The molecule has 1 amide bonds. The Labute approximate surface area is 157 Å². The number of esters is 1. The molecule has 25 heavy (non-hydrogen) atoms. The van der Waals surface area contributed by atoms with E-state index in [0.717, 1.165) is 5.56 Å². The highest BCUT2D eigenvalue weighted by Crippen LogP contribution is 2.30. The van der Waals surface area contributed by atoms with Gasteiger partial charge in [-0.2, -0.15) is 0 Å². The van der Waals surface area contributed by atoms with E-state index < -0.39 is 5.97 Å². The van der Waals surface area contributed by atoms with Crippen molar-refractivity contribution in [3.05, 3.63) is 49.7 Å². The molecule has 0 radical (unpaired) electrons. The number of thiophene rings is 1. The fourth-order valence-electron chi connectivity index (χ4n) is 2.35. The van der Waals surface area contributed by atoms with Crippen molar-refractivity contribution < 1.29 is 14.3 Å². The molecule has 2 aromatic heterocycles. The summed E-state index contributed by atoms with van der Waals surface area (Å²) < 4.78 is 6.84. The molecule has 0 aromatic carbocycles. The molecular weight excluding hydrogens is 408 g/mol. The topological polar surface area (TPSA) is 77.4 Å². The zero-order valence-corrected chi connectivity index (χ0v) is 16.6. The maximum atomic E-state index is 12.3.